The van der Waals surface area contributed by atoms with Crippen molar-refractivity contribution in [2.45, 2.75) is 18.2 Å². The molecule has 1 heterocycles. The Morgan fingerprint density at radius 3 is 2.53 bits per heavy atom. The van der Waals surface area contributed by atoms with Gasteiger partial charge >= 0.3 is 51.4 Å². The number of carboxylic acid groups (broad SMARTS) is 1. The molecule has 5 nitrogen and oxygen atoms in total. The van der Waals surface area contributed by atoms with Crippen LogP contribution in [-0.4, -0.2) is 25.1 Å². The van der Waals surface area contributed by atoms with Crippen LogP contribution in [0.1, 0.15) is 23.8 Å². The van der Waals surface area contributed by atoms with Crippen LogP contribution >= 0.6 is 11.6 Å². The number of hydrogen-bond acceptors (Lipinski definition) is 5. The van der Waals surface area contributed by atoms with Crippen LogP contribution < -0.4 is 56.5 Å². The number of carboxylic acids is 1. The summed E-state index contributed by atoms with van der Waals surface area (Å²) in [4.78, 5) is 13.8. The second-order valence-corrected chi connectivity index (χ2v) is 5.55. The number of halogens is 1. The van der Waals surface area contributed by atoms with Gasteiger partial charge in [0, 0.05) is 0 Å². The van der Waals surface area contributed by atoms with E-state index in [0.29, 0.717) is 6.42 Å². The summed E-state index contributed by atoms with van der Waals surface area (Å²) in [5.74, 6) is -1.80. The average molecular weight is 302 g/mol. The second kappa shape index (κ2) is 7.18. The summed E-state index contributed by atoms with van der Waals surface area (Å²) in [5, 5.41) is 10.6. The summed E-state index contributed by atoms with van der Waals surface area (Å²) in [6.45, 7) is 1.68. The molecule has 0 saturated carbocycles. The second-order valence-electron chi connectivity index (χ2n) is 3.09. The van der Waals surface area contributed by atoms with Crippen LogP contribution in [0, 0.1) is 0 Å². The Kier molecular flexibility index (Phi) is 7.38. The van der Waals surface area contributed by atoms with E-state index in [-0.39, 0.29) is 67.2 Å². The Balaban J connectivity index is 0.00000256. The fourth-order valence-corrected chi connectivity index (χ4v) is 2.80. The molecule has 1 aromatic rings. The van der Waals surface area contributed by atoms with E-state index in [4.69, 9.17) is 11.6 Å². The summed E-state index contributed by atoms with van der Waals surface area (Å²) < 4.78 is 23.4. The predicted octanol–water partition coefficient (Wildman–Crippen LogP) is -2.71. The minimum absolute atomic E-state index is 0. The minimum Gasteiger partial charge on any atom is -0.543 e. The summed E-state index contributed by atoms with van der Waals surface area (Å²) in [7, 11) is -3.64. The summed E-state index contributed by atoms with van der Waals surface area (Å²) in [6.07, 6.45) is 0.386. The zero-order valence-corrected chi connectivity index (χ0v) is 14.1. The number of rotatable bonds is 4. The number of carbonyl (C=O) groups excluding carboxylic acids is 1. The van der Waals surface area contributed by atoms with Crippen LogP contribution in [0.25, 0.3) is 0 Å². The average Bonchev–Trinajstić information content (AvgIpc) is 2.16. The van der Waals surface area contributed by atoms with Crippen molar-refractivity contribution in [2.24, 2.45) is 0 Å². The predicted molar refractivity (Wildman–Crippen MR) is 55.9 cm³/mol. The van der Waals surface area contributed by atoms with Crippen LogP contribution in [0.5, 0.6) is 0 Å². The molecule has 17 heavy (non-hydrogen) atoms. The molecule has 0 bridgehead atoms. The third-order valence-electron chi connectivity index (χ3n) is 1.83. The number of aromatic carboxylic acids is 1. The van der Waals surface area contributed by atoms with Crippen molar-refractivity contribution in [3.8, 4) is 0 Å². The Morgan fingerprint density at radius 1 is 1.47 bits per heavy atom. The molecule has 1 rings (SSSR count). The van der Waals surface area contributed by atoms with Crippen molar-refractivity contribution in [1.29, 1.82) is 0 Å². The van der Waals surface area contributed by atoms with Crippen LogP contribution in [0.3, 0.4) is 0 Å². The normalized spacial score (nSPS) is 10.7. The molecule has 0 unspecified atom stereocenters. The number of carbonyl (C=O) groups is 1. The maximum atomic E-state index is 11.7. The zero-order chi connectivity index (χ0) is 12.3. The molecule has 8 heteroatoms. The molecule has 0 saturated heterocycles. The fraction of sp³-hybridized carbons (Fsp3) is 0.333. The fourth-order valence-electron chi connectivity index (χ4n) is 1.20. The first-order chi connectivity index (χ1) is 7.38. The van der Waals surface area contributed by atoms with Crippen LogP contribution in [-0.2, 0) is 9.84 Å². The molecule has 0 aliphatic heterocycles. The van der Waals surface area contributed by atoms with Crippen molar-refractivity contribution >= 4 is 27.4 Å². The van der Waals surface area contributed by atoms with Gasteiger partial charge in [-0.05, 0) is 18.6 Å². The largest absolute Gasteiger partial charge is 1.00 e. The van der Waals surface area contributed by atoms with Crippen LogP contribution in [0.4, 0.5) is 0 Å². The van der Waals surface area contributed by atoms with E-state index in [0.717, 1.165) is 6.07 Å². The molecule has 88 valence electrons. The molecular weight excluding hydrogens is 293 g/mol. The standard InChI is InChI=1S/C9H10ClNO4S.K/c1-2-5-16(14,15)6-3-4-7(10)11-8(6)9(12)13;/h3-4H,2,5H2,1H3,(H,12,13);/q;+1/p-1. The van der Waals surface area contributed by atoms with E-state index >= 15 is 0 Å². The SMILES string of the molecule is CCCS(=O)(=O)c1ccc(Cl)nc1C(=O)[O-].[K+]. The first-order valence-electron chi connectivity index (χ1n) is 4.49. The molecule has 0 aromatic carbocycles. The number of nitrogens with zero attached hydrogens (tertiary/aromatic N) is 1. The Labute approximate surface area is 147 Å². The number of sulfone groups is 1. The summed E-state index contributed by atoms with van der Waals surface area (Å²) >= 11 is 5.49. The topological polar surface area (TPSA) is 87.2 Å². The molecular formula is C9H9ClKNO4S. The van der Waals surface area contributed by atoms with Gasteiger partial charge in [-0.15, -0.1) is 0 Å². The van der Waals surface area contributed by atoms with Crippen molar-refractivity contribution in [1.82, 2.24) is 4.98 Å². The molecule has 0 fully saturated rings. The maximum absolute atomic E-state index is 11.7. The van der Waals surface area contributed by atoms with Gasteiger partial charge in [0.05, 0.1) is 16.6 Å². The van der Waals surface area contributed by atoms with Crippen molar-refractivity contribution in [3.63, 3.8) is 0 Å². The quantitative estimate of drug-likeness (QED) is 0.446. The Bertz CT molecular complexity index is 518. The number of aromatic nitrogens is 1. The number of pyridine rings is 1. The molecule has 0 spiro atoms. The van der Waals surface area contributed by atoms with Gasteiger partial charge in [0.25, 0.3) is 0 Å². The summed E-state index contributed by atoms with van der Waals surface area (Å²) in [5.41, 5.74) is -0.638. The van der Waals surface area contributed by atoms with E-state index in [1.165, 1.54) is 6.07 Å². The monoisotopic (exact) mass is 301 g/mol. The molecule has 0 N–H and O–H groups in total. The molecule has 0 aliphatic carbocycles. The van der Waals surface area contributed by atoms with E-state index < -0.39 is 21.5 Å². The van der Waals surface area contributed by atoms with Crippen molar-refractivity contribution in [3.05, 3.63) is 23.0 Å². The maximum Gasteiger partial charge on any atom is 1.00 e. The smallest absolute Gasteiger partial charge is 0.543 e. The van der Waals surface area contributed by atoms with Crippen LogP contribution in [0.15, 0.2) is 17.0 Å². The van der Waals surface area contributed by atoms with E-state index in [1.807, 2.05) is 0 Å². The van der Waals surface area contributed by atoms with Gasteiger partial charge in [0.2, 0.25) is 0 Å². The van der Waals surface area contributed by atoms with Gasteiger partial charge in [-0.2, -0.15) is 0 Å². The minimum atomic E-state index is -3.64. The van der Waals surface area contributed by atoms with E-state index in [9.17, 15) is 18.3 Å². The van der Waals surface area contributed by atoms with Gasteiger partial charge in [-0.1, -0.05) is 18.5 Å². The van der Waals surface area contributed by atoms with Gasteiger partial charge in [-0.3, -0.25) is 0 Å². The number of hydrogen-bond donors (Lipinski definition) is 0. The molecule has 0 amide bonds. The molecule has 0 aliphatic rings. The Morgan fingerprint density at radius 2 is 2.06 bits per heavy atom. The van der Waals surface area contributed by atoms with Gasteiger partial charge in [0.15, 0.2) is 9.84 Å². The van der Waals surface area contributed by atoms with Crippen LogP contribution in [0.2, 0.25) is 5.15 Å². The van der Waals surface area contributed by atoms with E-state index in [1.54, 1.807) is 6.92 Å². The van der Waals surface area contributed by atoms with Crippen molar-refractivity contribution in [2.75, 3.05) is 5.75 Å². The third kappa shape index (κ3) is 4.59. The van der Waals surface area contributed by atoms with Gasteiger partial charge < -0.3 is 9.90 Å². The van der Waals surface area contributed by atoms with Crippen molar-refractivity contribution < 1.29 is 69.7 Å². The first kappa shape index (κ1) is 17.5. The molecule has 0 radical (unpaired) electrons. The van der Waals surface area contributed by atoms with E-state index in [2.05, 4.69) is 4.98 Å². The third-order valence-corrected chi connectivity index (χ3v) is 3.98. The van der Waals surface area contributed by atoms with Gasteiger partial charge in [0.1, 0.15) is 10.8 Å². The first-order valence-corrected chi connectivity index (χ1v) is 6.52. The zero-order valence-electron chi connectivity index (χ0n) is 9.44. The Hall–Kier alpha value is 0.496. The van der Waals surface area contributed by atoms with Gasteiger partial charge in [-0.25, -0.2) is 13.4 Å². The molecule has 1 aromatic heterocycles. The summed E-state index contributed by atoms with van der Waals surface area (Å²) in [6, 6.07) is 2.36. The molecule has 0 atom stereocenters.